The predicted octanol–water partition coefficient (Wildman–Crippen LogP) is 4.46. The van der Waals surface area contributed by atoms with Gasteiger partial charge in [-0.25, -0.2) is 4.98 Å². The highest BCUT2D eigenvalue weighted by atomic mass is 16.6. The van der Waals surface area contributed by atoms with Crippen molar-refractivity contribution in [2.75, 3.05) is 5.32 Å². The van der Waals surface area contributed by atoms with E-state index < -0.39 is 4.92 Å². The van der Waals surface area contributed by atoms with Gasteiger partial charge in [0.1, 0.15) is 0 Å². The molecule has 0 unspecified atom stereocenters. The van der Waals surface area contributed by atoms with Crippen LogP contribution in [-0.2, 0) is 0 Å². The topological polar surface area (TPSA) is 98.0 Å². The predicted molar refractivity (Wildman–Crippen MR) is 106 cm³/mol. The van der Waals surface area contributed by atoms with Crippen molar-refractivity contribution in [3.63, 3.8) is 0 Å². The minimum atomic E-state index is -0.501. The van der Waals surface area contributed by atoms with Crippen LogP contribution in [-0.4, -0.2) is 20.8 Å². The van der Waals surface area contributed by atoms with Gasteiger partial charge in [-0.2, -0.15) is 0 Å². The van der Waals surface area contributed by atoms with E-state index in [1.165, 1.54) is 18.2 Å². The Hall–Kier alpha value is -4.13. The van der Waals surface area contributed by atoms with Crippen LogP contribution < -0.4 is 5.32 Å². The van der Waals surface area contributed by atoms with Gasteiger partial charge in [0.2, 0.25) is 0 Å². The van der Waals surface area contributed by atoms with Crippen molar-refractivity contribution in [3.8, 4) is 11.3 Å². The lowest BCUT2D eigenvalue weighted by Crippen LogP contribution is -2.13. The molecule has 4 aromatic rings. The fraction of sp³-hybridized carbons (Fsp3) is 0. The molecule has 0 saturated heterocycles. The van der Waals surface area contributed by atoms with E-state index in [0.29, 0.717) is 27.8 Å². The number of carbonyl (C=O) groups excluding carboxylic acids is 1. The first kappa shape index (κ1) is 17.3. The summed E-state index contributed by atoms with van der Waals surface area (Å²) in [7, 11) is 0. The third-order valence-corrected chi connectivity index (χ3v) is 4.25. The summed E-state index contributed by atoms with van der Waals surface area (Å²) < 4.78 is 0. The van der Waals surface area contributed by atoms with Gasteiger partial charge >= 0.3 is 0 Å². The smallest absolute Gasteiger partial charge is 0.271 e. The standard InChI is InChI=1S/C21H14N4O3/c26-21(23-15-4-3-5-16(12-15)25(27)28)18-13-20(14-8-10-22-11-9-14)24-19-7-2-1-6-17(18)19/h1-13H,(H,23,26). The van der Waals surface area contributed by atoms with Gasteiger partial charge in [0, 0.05) is 41.2 Å². The van der Waals surface area contributed by atoms with E-state index in [2.05, 4.69) is 15.3 Å². The number of hydrogen-bond donors (Lipinski definition) is 1. The molecule has 136 valence electrons. The van der Waals surface area contributed by atoms with Gasteiger partial charge < -0.3 is 5.32 Å². The van der Waals surface area contributed by atoms with Crippen molar-refractivity contribution in [3.05, 3.63) is 94.8 Å². The summed E-state index contributed by atoms with van der Waals surface area (Å²) in [6, 6.07) is 18.5. The highest BCUT2D eigenvalue weighted by molar-refractivity contribution is 6.13. The molecule has 0 spiro atoms. The van der Waals surface area contributed by atoms with Gasteiger partial charge in [-0.15, -0.1) is 0 Å². The van der Waals surface area contributed by atoms with Crippen LogP contribution in [0.25, 0.3) is 22.2 Å². The van der Waals surface area contributed by atoms with E-state index in [-0.39, 0.29) is 11.6 Å². The van der Waals surface area contributed by atoms with Crippen molar-refractivity contribution >= 4 is 28.2 Å². The molecular formula is C21H14N4O3. The maximum Gasteiger partial charge on any atom is 0.271 e. The van der Waals surface area contributed by atoms with Crippen molar-refractivity contribution in [2.45, 2.75) is 0 Å². The monoisotopic (exact) mass is 370 g/mol. The molecule has 7 nitrogen and oxygen atoms in total. The molecule has 4 rings (SSSR count). The zero-order chi connectivity index (χ0) is 19.5. The van der Waals surface area contributed by atoms with E-state index in [1.54, 1.807) is 24.5 Å². The zero-order valence-electron chi connectivity index (χ0n) is 14.6. The molecular weight excluding hydrogens is 356 g/mol. The molecule has 0 aliphatic carbocycles. The quantitative estimate of drug-likeness (QED) is 0.422. The highest BCUT2D eigenvalue weighted by Crippen LogP contribution is 2.26. The molecule has 0 aliphatic rings. The van der Waals surface area contributed by atoms with E-state index in [9.17, 15) is 14.9 Å². The van der Waals surface area contributed by atoms with Crippen molar-refractivity contribution in [1.29, 1.82) is 0 Å². The van der Waals surface area contributed by atoms with Crippen LogP contribution in [0.1, 0.15) is 10.4 Å². The van der Waals surface area contributed by atoms with Crippen molar-refractivity contribution in [1.82, 2.24) is 9.97 Å². The summed E-state index contributed by atoms with van der Waals surface area (Å²) in [5, 5.41) is 14.4. The molecule has 0 bridgehead atoms. The summed E-state index contributed by atoms with van der Waals surface area (Å²) in [6.45, 7) is 0. The van der Waals surface area contributed by atoms with Crippen LogP contribution in [0.15, 0.2) is 79.1 Å². The summed E-state index contributed by atoms with van der Waals surface area (Å²) in [5.41, 5.74) is 2.86. The van der Waals surface area contributed by atoms with Crippen LogP contribution in [0.3, 0.4) is 0 Å². The number of aromatic nitrogens is 2. The lowest BCUT2D eigenvalue weighted by Gasteiger charge is -2.10. The lowest BCUT2D eigenvalue weighted by molar-refractivity contribution is -0.384. The van der Waals surface area contributed by atoms with E-state index in [1.807, 2.05) is 36.4 Å². The van der Waals surface area contributed by atoms with Crippen LogP contribution in [0, 0.1) is 10.1 Å². The van der Waals surface area contributed by atoms with E-state index in [0.717, 1.165) is 5.56 Å². The number of nitrogens with zero attached hydrogens (tertiary/aromatic N) is 3. The first-order valence-corrected chi connectivity index (χ1v) is 8.48. The van der Waals surface area contributed by atoms with Crippen LogP contribution in [0.2, 0.25) is 0 Å². The SMILES string of the molecule is O=C(Nc1cccc([N+](=O)[O-])c1)c1cc(-c2ccncc2)nc2ccccc12. The number of amides is 1. The second kappa shape index (κ2) is 7.24. The van der Waals surface area contributed by atoms with Gasteiger partial charge in [-0.3, -0.25) is 19.9 Å². The minimum Gasteiger partial charge on any atom is -0.322 e. The van der Waals surface area contributed by atoms with Crippen LogP contribution >= 0.6 is 0 Å². The Bertz CT molecular complexity index is 1190. The van der Waals surface area contributed by atoms with Crippen molar-refractivity contribution < 1.29 is 9.72 Å². The largest absolute Gasteiger partial charge is 0.322 e. The molecule has 2 aromatic heterocycles. The summed E-state index contributed by atoms with van der Waals surface area (Å²) in [6.07, 6.45) is 3.32. The number of rotatable bonds is 4. The number of carbonyl (C=O) groups is 1. The van der Waals surface area contributed by atoms with E-state index >= 15 is 0 Å². The third-order valence-electron chi connectivity index (χ3n) is 4.25. The number of anilines is 1. The Morgan fingerprint density at radius 3 is 2.54 bits per heavy atom. The molecule has 2 heterocycles. The Morgan fingerprint density at radius 2 is 1.75 bits per heavy atom. The lowest BCUT2D eigenvalue weighted by atomic mass is 10.0. The highest BCUT2D eigenvalue weighted by Gasteiger charge is 2.15. The maximum absolute atomic E-state index is 13.0. The molecule has 0 atom stereocenters. The molecule has 1 N–H and O–H groups in total. The molecule has 0 fully saturated rings. The summed E-state index contributed by atoms with van der Waals surface area (Å²) in [4.78, 5) is 32.1. The Balaban J connectivity index is 1.78. The minimum absolute atomic E-state index is 0.0881. The Labute approximate surface area is 159 Å². The van der Waals surface area contributed by atoms with Gasteiger partial charge in [0.25, 0.3) is 11.6 Å². The first-order valence-electron chi connectivity index (χ1n) is 8.48. The van der Waals surface area contributed by atoms with Gasteiger partial charge in [-0.1, -0.05) is 24.3 Å². The Morgan fingerprint density at radius 1 is 0.964 bits per heavy atom. The third kappa shape index (κ3) is 3.41. The zero-order valence-corrected chi connectivity index (χ0v) is 14.6. The fourth-order valence-electron chi connectivity index (χ4n) is 2.93. The molecule has 0 saturated carbocycles. The number of benzene rings is 2. The van der Waals surface area contributed by atoms with Gasteiger partial charge in [0.05, 0.1) is 21.7 Å². The Kier molecular flexibility index (Phi) is 4.47. The van der Waals surface area contributed by atoms with Gasteiger partial charge in [-0.05, 0) is 30.3 Å². The molecule has 28 heavy (non-hydrogen) atoms. The fourth-order valence-corrected chi connectivity index (χ4v) is 2.93. The number of nitro benzene ring substituents is 1. The maximum atomic E-state index is 13.0. The summed E-state index contributed by atoms with van der Waals surface area (Å²) >= 11 is 0. The number of pyridine rings is 2. The average molecular weight is 370 g/mol. The molecule has 0 radical (unpaired) electrons. The number of fused-ring (bicyclic) bond motifs is 1. The second-order valence-electron chi connectivity index (χ2n) is 6.07. The second-order valence-corrected chi connectivity index (χ2v) is 6.07. The number of nitrogens with one attached hydrogen (secondary N) is 1. The van der Waals surface area contributed by atoms with Crippen LogP contribution in [0.4, 0.5) is 11.4 Å². The first-order chi connectivity index (χ1) is 13.6. The normalized spacial score (nSPS) is 10.6. The average Bonchev–Trinajstić information content (AvgIpc) is 2.73. The number of hydrogen-bond acceptors (Lipinski definition) is 5. The summed E-state index contributed by atoms with van der Waals surface area (Å²) in [5.74, 6) is -0.366. The molecule has 2 aromatic carbocycles. The number of non-ortho nitro benzene ring substituents is 1. The molecule has 1 amide bonds. The van der Waals surface area contributed by atoms with Crippen LogP contribution in [0.5, 0.6) is 0 Å². The van der Waals surface area contributed by atoms with Gasteiger partial charge in [0.15, 0.2) is 0 Å². The number of para-hydroxylation sites is 1. The molecule has 0 aliphatic heterocycles. The van der Waals surface area contributed by atoms with E-state index in [4.69, 9.17) is 0 Å². The molecule has 7 heteroatoms. The number of nitro groups is 1. The van der Waals surface area contributed by atoms with Crippen molar-refractivity contribution in [2.24, 2.45) is 0 Å².